The normalized spacial score (nSPS) is 18.8. The Balaban J connectivity index is 1.29. The molecular formula is C31H43N5O3S. The van der Waals surface area contributed by atoms with Crippen LogP contribution in [-0.2, 0) is 14.8 Å². The molecule has 8 nitrogen and oxygen atoms in total. The second-order valence-electron chi connectivity index (χ2n) is 11.6. The molecule has 40 heavy (non-hydrogen) atoms. The van der Waals surface area contributed by atoms with Gasteiger partial charge in [0, 0.05) is 57.8 Å². The second kappa shape index (κ2) is 12.9. The number of hydrogen-bond acceptors (Lipinski definition) is 7. The van der Waals surface area contributed by atoms with E-state index < -0.39 is 10.0 Å². The number of ether oxygens (including phenoxy) is 1. The van der Waals surface area contributed by atoms with Crippen LogP contribution in [0.4, 0.5) is 5.82 Å². The van der Waals surface area contributed by atoms with Gasteiger partial charge in [-0.3, -0.25) is 4.90 Å². The Morgan fingerprint density at radius 1 is 0.975 bits per heavy atom. The Morgan fingerprint density at radius 3 is 2.40 bits per heavy atom. The summed E-state index contributed by atoms with van der Waals surface area (Å²) in [6, 6.07) is 16.0. The molecule has 1 atom stereocenters. The molecule has 0 spiro atoms. The first-order chi connectivity index (χ1) is 19.3. The molecule has 2 heterocycles. The Hall–Kier alpha value is -2.59. The Kier molecular flexibility index (Phi) is 9.35. The van der Waals surface area contributed by atoms with E-state index in [0.717, 1.165) is 41.7 Å². The standard InChI is InChI=1S/C31H43N5O3S/c1-24(2)22-39-30(25-10-6-4-7-11-25)21-35-16-18-36(19-17-35)40(37,38)27-14-15-29-28(20-27)31(33-23-32-29)34(3)26-12-8-5-9-13-26/h4,6-7,10-11,14-15,20,23-24,26,30H,5,8-9,12-13,16-19,21-22H2,1-3H3. The highest BCUT2D eigenvalue weighted by molar-refractivity contribution is 7.89. The number of anilines is 1. The molecule has 0 radical (unpaired) electrons. The molecule has 0 N–H and O–H groups in total. The van der Waals surface area contributed by atoms with Gasteiger partial charge in [-0.1, -0.05) is 63.4 Å². The molecule has 2 aliphatic rings. The maximum absolute atomic E-state index is 13.8. The van der Waals surface area contributed by atoms with E-state index in [9.17, 15) is 8.42 Å². The molecule has 1 aliphatic carbocycles. The summed E-state index contributed by atoms with van der Waals surface area (Å²) in [5.41, 5.74) is 1.93. The fourth-order valence-corrected chi connectivity index (χ4v) is 7.32. The minimum Gasteiger partial charge on any atom is -0.372 e. The lowest BCUT2D eigenvalue weighted by atomic mass is 9.94. The molecule has 216 valence electrons. The van der Waals surface area contributed by atoms with Crippen molar-refractivity contribution in [3.8, 4) is 0 Å². The first-order valence-electron chi connectivity index (χ1n) is 14.7. The van der Waals surface area contributed by atoms with Crippen LogP contribution in [0.5, 0.6) is 0 Å². The van der Waals surface area contributed by atoms with E-state index >= 15 is 0 Å². The molecule has 1 aromatic heterocycles. The van der Waals surface area contributed by atoms with Crippen molar-refractivity contribution < 1.29 is 13.2 Å². The van der Waals surface area contributed by atoms with Crippen LogP contribution in [0.1, 0.15) is 57.6 Å². The number of fused-ring (bicyclic) bond motifs is 1. The predicted octanol–water partition coefficient (Wildman–Crippen LogP) is 5.12. The van der Waals surface area contributed by atoms with Crippen LogP contribution < -0.4 is 4.90 Å². The average Bonchev–Trinajstić information content (AvgIpc) is 2.99. The van der Waals surface area contributed by atoms with Gasteiger partial charge in [0.05, 0.1) is 16.5 Å². The lowest BCUT2D eigenvalue weighted by Crippen LogP contribution is -2.49. The summed E-state index contributed by atoms with van der Waals surface area (Å²) in [5.74, 6) is 1.26. The number of piperazine rings is 1. The Bertz CT molecular complexity index is 1350. The molecule has 9 heteroatoms. The molecule has 1 saturated heterocycles. The predicted molar refractivity (Wildman–Crippen MR) is 160 cm³/mol. The highest BCUT2D eigenvalue weighted by atomic mass is 32.2. The lowest BCUT2D eigenvalue weighted by molar-refractivity contribution is 0.00530. The lowest BCUT2D eigenvalue weighted by Gasteiger charge is -2.36. The molecule has 2 fully saturated rings. The summed E-state index contributed by atoms with van der Waals surface area (Å²) in [6.45, 7) is 7.98. The second-order valence-corrected chi connectivity index (χ2v) is 13.5. The monoisotopic (exact) mass is 565 g/mol. The van der Waals surface area contributed by atoms with Crippen molar-refractivity contribution in [3.63, 3.8) is 0 Å². The highest BCUT2D eigenvalue weighted by Crippen LogP contribution is 2.31. The Labute approximate surface area is 239 Å². The van der Waals surface area contributed by atoms with Gasteiger partial charge in [0.25, 0.3) is 0 Å². The fraction of sp³-hybridized carbons (Fsp3) is 0.548. The van der Waals surface area contributed by atoms with Gasteiger partial charge in [0.2, 0.25) is 10.0 Å². The quantitative estimate of drug-likeness (QED) is 0.338. The zero-order chi connectivity index (χ0) is 28.1. The van der Waals surface area contributed by atoms with Crippen molar-refractivity contribution in [1.29, 1.82) is 0 Å². The third kappa shape index (κ3) is 6.65. The smallest absolute Gasteiger partial charge is 0.243 e. The van der Waals surface area contributed by atoms with E-state index in [0.29, 0.717) is 49.6 Å². The minimum atomic E-state index is -3.64. The number of hydrogen-bond donors (Lipinski definition) is 0. The number of nitrogens with zero attached hydrogens (tertiary/aromatic N) is 5. The summed E-state index contributed by atoms with van der Waals surface area (Å²) in [4.78, 5) is 13.9. The maximum Gasteiger partial charge on any atom is 0.243 e. The summed E-state index contributed by atoms with van der Waals surface area (Å²) in [7, 11) is -1.57. The zero-order valence-corrected chi connectivity index (χ0v) is 24.9. The van der Waals surface area contributed by atoms with Gasteiger partial charge in [-0.05, 0) is 42.5 Å². The first kappa shape index (κ1) is 28.9. The van der Waals surface area contributed by atoms with E-state index in [1.165, 1.54) is 19.3 Å². The van der Waals surface area contributed by atoms with Crippen LogP contribution in [0, 0.1) is 5.92 Å². The molecule has 1 saturated carbocycles. The molecule has 2 aromatic carbocycles. The van der Waals surface area contributed by atoms with Gasteiger partial charge < -0.3 is 9.64 Å². The van der Waals surface area contributed by atoms with Crippen LogP contribution in [0.2, 0.25) is 0 Å². The molecule has 1 aliphatic heterocycles. The van der Waals surface area contributed by atoms with Crippen molar-refractivity contribution in [3.05, 3.63) is 60.4 Å². The van der Waals surface area contributed by atoms with Crippen LogP contribution >= 0.6 is 0 Å². The summed E-state index contributed by atoms with van der Waals surface area (Å²) >= 11 is 0. The summed E-state index contributed by atoms with van der Waals surface area (Å²) < 4.78 is 35.4. The van der Waals surface area contributed by atoms with Gasteiger partial charge in [0.15, 0.2) is 0 Å². The molecule has 1 unspecified atom stereocenters. The van der Waals surface area contributed by atoms with Crippen molar-refractivity contribution in [2.45, 2.75) is 63.0 Å². The summed E-state index contributed by atoms with van der Waals surface area (Å²) in [5, 5.41) is 0.795. The van der Waals surface area contributed by atoms with Gasteiger partial charge in [0.1, 0.15) is 12.1 Å². The first-order valence-corrected chi connectivity index (χ1v) is 16.1. The average molecular weight is 566 g/mol. The topological polar surface area (TPSA) is 78.9 Å². The zero-order valence-electron chi connectivity index (χ0n) is 24.1. The van der Waals surface area contributed by atoms with Crippen molar-refractivity contribution in [2.24, 2.45) is 5.92 Å². The minimum absolute atomic E-state index is 0.0354. The van der Waals surface area contributed by atoms with Gasteiger partial charge >= 0.3 is 0 Å². The third-order valence-electron chi connectivity index (χ3n) is 8.24. The van der Waals surface area contributed by atoms with Gasteiger partial charge in [-0.15, -0.1) is 0 Å². The van der Waals surface area contributed by atoms with Crippen molar-refractivity contribution in [1.82, 2.24) is 19.2 Å². The molecule has 0 amide bonds. The number of rotatable bonds is 10. The molecule has 5 rings (SSSR count). The van der Waals surface area contributed by atoms with Crippen molar-refractivity contribution in [2.75, 3.05) is 51.3 Å². The Morgan fingerprint density at radius 2 is 1.70 bits per heavy atom. The number of benzene rings is 2. The van der Waals surface area contributed by atoms with Gasteiger partial charge in [-0.2, -0.15) is 4.31 Å². The van der Waals surface area contributed by atoms with E-state index in [4.69, 9.17) is 4.74 Å². The van der Waals surface area contributed by atoms with Crippen LogP contribution in [0.3, 0.4) is 0 Å². The van der Waals surface area contributed by atoms with Crippen LogP contribution in [-0.4, -0.2) is 80.0 Å². The fourth-order valence-electron chi connectivity index (χ4n) is 5.87. The molecule has 0 bridgehead atoms. The number of sulfonamides is 1. The van der Waals surface area contributed by atoms with Gasteiger partial charge in [-0.25, -0.2) is 18.4 Å². The van der Waals surface area contributed by atoms with E-state index in [-0.39, 0.29) is 6.10 Å². The highest BCUT2D eigenvalue weighted by Gasteiger charge is 2.30. The summed E-state index contributed by atoms with van der Waals surface area (Å²) in [6.07, 6.45) is 7.54. The van der Waals surface area contributed by atoms with Crippen LogP contribution in [0.25, 0.3) is 10.9 Å². The maximum atomic E-state index is 13.8. The number of aromatic nitrogens is 2. The van der Waals surface area contributed by atoms with Crippen molar-refractivity contribution >= 4 is 26.7 Å². The largest absolute Gasteiger partial charge is 0.372 e. The van der Waals surface area contributed by atoms with E-state index in [2.05, 4.69) is 52.8 Å². The van der Waals surface area contributed by atoms with Crippen LogP contribution in [0.15, 0.2) is 59.8 Å². The van der Waals surface area contributed by atoms with E-state index in [1.54, 1.807) is 22.8 Å². The van der Waals surface area contributed by atoms with E-state index in [1.807, 2.05) is 24.3 Å². The third-order valence-corrected chi connectivity index (χ3v) is 10.1. The molecule has 3 aromatic rings. The molecular weight excluding hydrogens is 522 g/mol. The SMILES string of the molecule is CC(C)COC(CN1CCN(S(=O)(=O)c2ccc3ncnc(N(C)C4CCCCC4)c3c2)CC1)c1ccccc1.